The fourth-order valence-electron chi connectivity index (χ4n) is 2.72. The highest BCUT2D eigenvalue weighted by molar-refractivity contribution is 9.10. The van der Waals surface area contributed by atoms with Gasteiger partial charge in [0.2, 0.25) is 0 Å². The lowest BCUT2D eigenvalue weighted by molar-refractivity contribution is 0.130. The maximum atomic E-state index is 5.75. The molecule has 0 atom stereocenters. The van der Waals surface area contributed by atoms with Crippen LogP contribution in [0, 0.1) is 13.8 Å². The van der Waals surface area contributed by atoms with E-state index in [0.717, 1.165) is 33.6 Å². The summed E-state index contributed by atoms with van der Waals surface area (Å²) in [5.41, 5.74) is 5.56. The summed E-state index contributed by atoms with van der Waals surface area (Å²) >= 11 is 3.69. The first-order valence-corrected chi connectivity index (χ1v) is 8.85. The molecule has 0 bridgehead atoms. The normalized spacial score (nSPS) is 11.2. The molecule has 0 radical (unpaired) electrons. The van der Waals surface area contributed by atoms with Crippen LogP contribution in [0.2, 0.25) is 0 Å². The first-order valence-electron chi connectivity index (χ1n) is 8.05. The molecule has 0 saturated carbocycles. The van der Waals surface area contributed by atoms with Gasteiger partial charge in [-0.3, -0.25) is 0 Å². The number of aromatic nitrogens is 2. The largest absolute Gasteiger partial charge is 0.380 e. The molecular formula is C19H22BrN3O. The number of fused-ring (bicyclic) bond motifs is 1. The van der Waals surface area contributed by atoms with Gasteiger partial charge in [-0.05, 0) is 47.0 Å². The smallest absolute Gasteiger partial charge is 0.113 e. The van der Waals surface area contributed by atoms with E-state index in [1.165, 1.54) is 11.1 Å². The first kappa shape index (κ1) is 17.0. The Morgan fingerprint density at radius 3 is 2.71 bits per heavy atom. The minimum absolute atomic E-state index is 0.635. The second-order valence-electron chi connectivity index (χ2n) is 5.93. The monoisotopic (exact) mass is 387 g/mol. The topological polar surface area (TPSA) is 39.1 Å². The molecule has 126 valence electrons. The first-order chi connectivity index (χ1) is 11.6. The van der Waals surface area contributed by atoms with Crippen LogP contribution in [-0.4, -0.2) is 22.7 Å². The zero-order valence-corrected chi connectivity index (χ0v) is 15.9. The average molecular weight is 388 g/mol. The summed E-state index contributed by atoms with van der Waals surface area (Å²) in [4.78, 5) is 4.69. The molecule has 1 heterocycles. The molecule has 3 aromatic rings. The summed E-state index contributed by atoms with van der Waals surface area (Å²) in [5, 5.41) is 3.48. The van der Waals surface area contributed by atoms with Gasteiger partial charge in [0.15, 0.2) is 0 Å². The molecule has 0 aliphatic heterocycles. The van der Waals surface area contributed by atoms with Gasteiger partial charge in [0.05, 0.1) is 24.4 Å². The van der Waals surface area contributed by atoms with Gasteiger partial charge >= 0.3 is 0 Å². The van der Waals surface area contributed by atoms with Gasteiger partial charge in [0, 0.05) is 18.1 Å². The van der Waals surface area contributed by atoms with E-state index in [1.54, 1.807) is 0 Å². The number of nitrogens with zero attached hydrogens (tertiary/aromatic N) is 2. The van der Waals surface area contributed by atoms with Crippen molar-refractivity contribution in [2.24, 2.45) is 7.05 Å². The number of nitrogens with one attached hydrogen (secondary N) is 1. The molecule has 0 amide bonds. The number of rotatable bonds is 6. The summed E-state index contributed by atoms with van der Waals surface area (Å²) in [6.45, 7) is 6.14. The zero-order valence-electron chi connectivity index (χ0n) is 14.3. The summed E-state index contributed by atoms with van der Waals surface area (Å²) in [6.07, 6.45) is 0. The van der Waals surface area contributed by atoms with E-state index < -0.39 is 0 Å². The second-order valence-corrected chi connectivity index (χ2v) is 6.73. The molecule has 0 aliphatic carbocycles. The number of ether oxygens (including phenoxy) is 1. The number of hydrogen-bond donors (Lipinski definition) is 1. The molecular weight excluding hydrogens is 366 g/mol. The maximum Gasteiger partial charge on any atom is 0.113 e. The molecule has 0 unspecified atom stereocenters. The standard InChI is InChI=1S/C19H22BrN3O/c1-13-11-16-18(22-14(2)23(16)3)19(17(13)20)21-9-10-24-12-15-7-5-4-6-8-15/h4-8,11,21H,9-10,12H2,1-3H3. The minimum Gasteiger partial charge on any atom is -0.380 e. The van der Waals surface area contributed by atoms with Crippen molar-refractivity contribution in [3.8, 4) is 0 Å². The van der Waals surface area contributed by atoms with E-state index in [-0.39, 0.29) is 0 Å². The SMILES string of the molecule is Cc1cc2c(nc(C)n2C)c(NCCOCc2ccccc2)c1Br. The molecule has 1 N–H and O–H groups in total. The van der Waals surface area contributed by atoms with Crippen molar-refractivity contribution in [2.45, 2.75) is 20.5 Å². The fraction of sp³-hybridized carbons (Fsp3) is 0.316. The Balaban J connectivity index is 1.66. The van der Waals surface area contributed by atoms with E-state index in [9.17, 15) is 0 Å². The number of anilines is 1. The molecule has 1 aromatic heterocycles. The van der Waals surface area contributed by atoms with Gasteiger partial charge in [0.1, 0.15) is 11.3 Å². The van der Waals surface area contributed by atoms with E-state index in [2.05, 4.69) is 50.9 Å². The van der Waals surface area contributed by atoms with Crippen LogP contribution in [0.4, 0.5) is 5.69 Å². The molecule has 0 saturated heterocycles. The van der Waals surface area contributed by atoms with E-state index >= 15 is 0 Å². The molecule has 0 aliphatic rings. The number of hydrogen-bond acceptors (Lipinski definition) is 3. The van der Waals surface area contributed by atoms with Crippen LogP contribution in [0.5, 0.6) is 0 Å². The van der Waals surface area contributed by atoms with Gasteiger partial charge in [-0.15, -0.1) is 0 Å². The van der Waals surface area contributed by atoms with Crippen LogP contribution in [0.15, 0.2) is 40.9 Å². The third-order valence-electron chi connectivity index (χ3n) is 4.18. The van der Waals surface area contributed by atoms with Crippen LogP contribution < -0.4 is 5.32 Å². The molecule has 2 aromatic carbocycles. The van der Waals surface area contributed by atoms with Crippen LogP contribution in [-0.2, 0) is 18.4 Å². The lowest BCUT2D eigenvalue weighted by atomic mass is 10.2. The predicted molar refractivity (Wildman–Crippen MR) is 102 cm³/mol. The van der Waals surface area contributed by atoms with Gasteiger partial charge in [0.25, 0.3) is 0 Å². The van der Waals surface area contributed by atoms with E-state index in [1.807, 2.05) is 32.2 Å². The summed E-state index contributed by atoms with van der Waals surface area (Å²) in [5.74, 6) is 1.01. The average Bonchev–Trinajstić information content (AvgIpc) is 2.86. The number of imidazole rings is 1. The van der Waals surface area contributed by atoms with Crippen LogP contribution in [0.3, 0.4) is 0 Å². The highest BCUT2D eigenvalue weighted by Crippen LogP contribution is 2.34. The van der Waals surface area contributed by atoms with Crippen LogP contribution in [0.1, 0.15) is 17.0 Å². The Morgan fingerprint density at radius 1 is 1.21 bits per heavy atom. The van der Waals surface area contributed by atoms with Crippen molar-refractivity contribution in [2.75, 3.05) is 18.5 Å². The van der Waals surface area contributed by atoms with Crippen LogP contribution >= 0.6 is 15.9 Å². The molecule has 5 heteroatoms. The quantitative estimate of drug-likeness (QED) is 0.629. The van der Waals surface area contributed by atoms with Crippen molar-refractivity contribution < 1.29 is 4.74 Å². The lowest BCUT2D eigenvalue weighted by Gasteiger charge is -2.12. The van der Waals surface area contributed by atoms with Gasteiger partial charge < -0.3 is 14.6 Å². The molecule has 24 heavy (non-hydrogen) atoms. The lowest BCUT2D eigenvalue weighted by Crippen LogP contribution is -2.10. The molecule has 3 rings (SSSR count). The Labute approximate surface area is 151 Å². The van der Waals surface area contributed by atoms with Gasteiger partial charge in [-0.2, -0.15) is 0 Å². The number of aryl methyl sites for hydroxylation is 3. The molecule has 0 fully saturated rings. The Morgan fingerprint density at radius 2 is 1.96 bits per heavy atom. The van der Waals surface area contributed by atoms with Gasteiger partial charge in [-0.1, -0.05) is 30.3 Å². The van der Waals surface area contributed by atoms with Crippen molar-refractivity contribution in [3.05, 3.63) is 57.8 Å². The second kappa shape index (κ2) is 7.36. The summed E-state index contributed by atoms with van der Waals surface area (Å²) < 4.78 is 8.93. The minimum atomic E-state index is 0.635. The van der Waals surface area contributed by atoms with E-state index in [4.69, 9.17) is 9.72 Å². The van der Waals surface area contributed by atoms with Crippen molar-refractivity contribution in [1.82, 2.24) is 9.55 Å². The Kier molecular flexibility index (Phi) is 5.21. The zero-order chi connectivity index (χ0) is 17.1. The van der Waals surface area contributed by atoms with Crippen molar-refractivity contribution >= 4 is 32.7 Å². The molecule has 0 spiro atoms. The Bertz CT molecular complexity index is 843. The molecule has 4 nitrogen and oxygen atoms in total. The van der Waals surface area contributed by atoms with Gasteiger partial charge in [-0.25, -0.2) is 4.98 Å². The third-order valence-corrected chi connectivity index (χ3v) is 5.20. The maximum absolute atomic E-state index is 5.75. The Hall–Kier alpha value is -1.85. The van der Waals surface area contributed by atoms with Crippen molar-refractivity contribution in [1.29, 1.82) is 0 Å². The highest BCUT2D eigenvalue weighted by atomic mass is 79.9. The summed E-state index contributed by atoms with van der Waals surface area (Å²) in [7, 11) is 2.05. The fourth-order valence-corrected chi connectivity index (χ4v) is 3.16. The predicted octanol–water partition coefficient (Wildman–Crippen LogP) is 4.58. The number of benzene rings is 2. The number of halogens is 1. The third kappa shape index (κ3) is 3.47. The highest BCUT2D eigenvalue weighted by Gasteiger charge is 2.14. The summed E-state index contributed by atoms with van der Waals surface area (Å²) in [6, 6.07) is 12.4. The van der Waals surface area contributed by atoms with Crippen LogP contribution in [0.25, 0.3) is 11.0 Å². The van der Waals surface area contributed by atoms with E-state index in [0.29, 0.717) is 13.2 Å². The van der Waals surface area contributed by atoms with Crippen molar-refractivity contribution in [3.63, 3.8) is 0 Å².